The number of rotatable bonds is 5. The second-order valence-corrected chi connectivity index (χ2v) is 3.72. The molecule has 0 unspecified atom stereocenters. The molecule has 0 aliphatic heterocycles. The molecular weight excluding hydrogens is 154 g/mol. The highest BCUT2D eigenvalue weighted by Crippen LogP contribution is 2.22. The standard InChI is InChI=1S/C9H19NO2/c1-2-9(6-11,7-12)10-8-4-3-5-8/h8,10-12H,2-7H2,1H3. The maximum absolute atomic E-state index is 9.12. The largest absolute Gasteiger partial charge is 0.394 e. The minimum Gasteiger partial charge on any atom is -0.394 e. The van der Waals surface area contributed by atoms with Gasteiger partial charge in [-0.05, 0) is 19.3 Å². The molecule has 0 spiro atoms. The van der Waals surface area contributed by atoms with Gasteiger partial charge < -0.3 is 15.5 Å². The smallest absolute Gasteiger partial charge is 0.0647 e. The van der Waals surface area contributed by atoms with Crippen LogP contribution < -0.4 is 5.32 Å². The number of hydrogen-bond acceptors (Lipinski definition) is 3. The molecular formula is C9H19NO2. The zero-order chi connectivity index (χ0) is 9.03. The van der Waals surface area contributed by atoms with Crippen molar-refractivity contribution in [2.45, 2.75) is 44.2 Å². The number of nitrogens with one attached hydrogen (secondary N) is 1. The van der Waals surface area contributed by atoms with Gasteiger partial charge in [0.1, 0.15) is 0 Å². The zero-order valence-electron chi connectivity index (χ0n) is 7.71. The van der Waals surface area contributed by atoms with Crippen molar-refractivity contribution in [1.29, 1.82) is 0 Å². The summed E-state index contributed by atoms with van der Waals surface area (Å²) in [6.07, 6.45) is 4.41. The molecule has 12 heavy (non-hydrogen) atoms. The lowest BCUT2D eigenvalue weighted by Gasteiger charge is -2.38. The van der Waals surface area contributed by atoms with Gasteiger partial charge in [0.2, 0.25) is 0 Å². The Morgan fingerprint density at radius 3 is 2.17 bits per heavy atom. The van der Waals surface area contributed by atoms with E-state index in [4.69, 9.17) is 10.2 Å². The summed E-state index contributed by atoms with van der Waals surface area (Å²) in [5.74, 6) is 0. The molecule has 0 bridgehead atoms. The van der Waals surface area contributed by atoms with E-state index < -0.39 is 5.54 Å². The van der Waals surface area contributed by atoms with Gasteiger partial charge in [-0.25, -0.2) is 0 Å². The Morgan fingerprint density at radius 1 is 1.33 bits per heavy atom. The Bertz CT molecular complexity index is 122. The van der Waals surface area contributed by atoms with E-state index in [9.17, 15) is 0 Å². The quantitative estimate of drug-likeness (QED) is 0.559. The van der Waals surface area contributed by atoms with Gasteiger partial charge in [-0.15, -0.1) is 0 Å². The van der Waals surface area contributed by atoms with E-state index in [1.807, 2.05) is 6.92 Å². The van der Waals surface area contributed by atoms with Crippen LogP contribution >= 0.6 is 0 Å². The molecule has 0 aromatic heterocycles. The topological polar surface area (TPSA) is 52.5 Å². The lowest BCUT2D eigenvalue weighted by atomic mass is 9.88. The number of hydrogen-bond donors (Lipinski definition) is 3. The lowest BCUT2D eigenvalue weighted by molar-refractivity contribution is 0.0666. The van der Waals surface area contributed by atoms with Gasteiger partial charge in [-0.2, -0.15) is 0 Å². The molecule has 0 saturated heterocycles. The Hall–Kier alpha value is -0.120. The normalized spacial score (nSPS) is 19.2. The monoisotopic (exact) mass is 173 g/mol. The average Bonchev–Trinajstić information content (AvgIpc) is 2.05. The summed E-state index contributed by atoms with van der Waals surface area (Å²) in [6, 6.07) is 0.518. The minimum absolute atomic E-state index is 0.0243. The summed E-state index contributed by atoms with van der Waals surface area (Å²) < 4.78 is 0. The zero-order valence-corrected chi connectivity index (χ0v) is 7.71. The van der Waals surface area contributed by atoms with Crippen LogP contribution in [0.3, 0.4) is 0 Å². The molecule has 0 radical (unpaired) electrons. The van der Waals surface area contributed by atoms with Gasteiger partial charge >= 0.3 is 0 Å². The van der Waals surface area contributed by atoms with Crippen LogP contribution in [-0.2, 0) is 0 Å². The first-order valence-electron chi connectivity index (χ1n) is 4.76. The number of aliphatic hydroxyl groups excluding tert-OH is 2. The van der Waals surface area contributed by atoms with Crippen molar-refractivity contribution in [3.05, 3.63) is 0 Å². The lowest BCUT2D eigenvalue weighted by Crippen LogP contribution is -2.57. The minimum atomic E-state index is -0.439. The fourth-order valence-corrected chi connectivity index (χ4v) is 1.45. The first kappa shape index (κ1) is 9.96. The maximum Gasteiger partial charge on any atom is 0.0647 e. The van der Waals surface area contributed by atoms with E-state index in [2.05, 4.69) is 5.32 Å². The molecule has 1 aliphatic rings. The van der Waals surface area contributed by atoms with Crippen LogP contribution in [-0.4, -0.2) is 35.0 Å². The van der Waals surface area contributed by atoms with Gasteiger partial charge in [0.05, 0.1) is 18.8 Å². The first-order chi connectivity index (χ1) is 5.76. The van der Waals surface area contributed by atoms with Gasteiger partial charge in [0.15, 0.2) is 0 Å². The van der Waals surface area contributed by atoms with E-state index in [0.29, 0.717) is 6.04 Å². The van der Waals surface area contributed by atoms with Crippen LogP contribution in [0.15, 0.2) is 0 Å². The Kier molecular flexibility index (Phi) is 3.50. The van der Waals surface area contributed by atoms with Crippen molar-refractivity contribution in [1.82, 2.24) is 5.32 Å². The SMILES string of the molecule is CCC(CO)(CO)NC1CCC1. The van der Waals surface area contributed by atoms with Crippen LogP contribution in [0.1, 0.15) is 32.6 Å². The van der Waals surface area contributed by atoms with E-state index in [0.717, 1.165) is 6.42 Å². The summed E-state index contributed by atoms with van der Waals surface area (Å²) in [4.78, 5) is 0. The Balaban J connectivity index is 2.39. The van der Waals surface area contributed by atoms with Crippen molar-refractivity contribution in [2.75, 3.05) is 13.2 Å². The van der Waals surface area contributed by atoms with Gasteiger partial charge in [0.25, 0.3) is 0 Å². The highest BCUT2D eigenvalue weighted by Gasteiger charge is 2.31. The third kappa shape index (κ3) is 1.97. The molecule has 1 rings (SSSR count). The van der Waals surface area contributed by atoms with Crippen LogP contribution in [0.25, 0.3) is 0 Å². The molecule has 3 nitrogen and oxygen atoms in total. The molecule has 1 fully saturated rings. The third-order valence-corrected chi connectivity index (χ3v) is 2.90. The van der Waals surface area contributed by atoms with Crippen LogP contribution in [0, 0.1) is 0 Å². The molecule has 1 saturated carbocycles. The highest BCUT2D eigenvalue weighted by molar-refractivity contribution is 4.91. The average molecular weight is 173 g/mol. The van der Waals surface area contributed by atoms with Crippen LogP contribution in [0.4, 0.5) is 0 Å². The van der Waals surface area contributed by atoms with Crippen LogP contribution in [0.2, 0.25) is 0 Å². The van der Waals surface area contributed by atoms with Gasteiger partial charge in [-0.1, -0.05) is 13.3 Å². The second kappa shape index (κ2) is 4.21. The van der Waals surface area contributed by atoms with Crippen molar-refractivity contribution in [3.8, 4) is 0 Å². The van der Waals surface area contributed by atoms with Crippen molar-refractivity contribution in [2.24, 2.45) is 0 Å². The summed E-state index contributed by atoms with van der Waals surface area (Å²) in [5, 5.41) is 21.6. The molecule has 0 aromatic rings. The predicted molar refractivity (Wildman–Crippen MR) is 48.0 cm³/mol. The van der Waals surface area contributed by atoms with Crippen molar-refractivity contribution in [3.63, 3.8) is 0 Å². The van der Waals surface area contributed by atoms with Gasteiger partial charge in [-0.3, -0.25) is 0 Å². The molecule has 0 heterocycles. The van der Waals surface area contributed by atoms with E-state index in [1.165, 1.54) is 19.3 Å². The fraction of sp³-hybridized carbons (Fsp3) is 1.00. The predicted octanol–water partition coefficient (Wildman–Crippen LogP) is 0.262. The summed E-state index contributed by atoms with van der Waals surface area (Å²) in [6.45, 7) is 2.03. The molecule has 3 heteroatoms. The van der Waals surface area contributed by atoms with E-state index in [-0.39, 0.29) is 13.2 Å². The van der Waals surface area contributed by atoms with Crippen molar-refractivity contribution >= 4 is 0 Å². The molecule has 0 aromatic carbocycles. The molecule has 72 valence electrons. The summed E-state index contributed by atoms with van der Waals surface area (Å²) in [5.41, 5.74) is -0.439. The summed E-state index contributed by atoms with van der Waals surface area (Å²) in [7, 11) is 0. The molecule has 1 aliphatic carbocycles. The third-order valence-electron chi connectivity index (χ3n) is 2.90. The van der Waals surface area contributed by atoms with Crippen molar-refractivity contribution < 1.29 is 10.2 Å². The Morgan fingerprint density at radius 2 is 1.92 bits per heavy atom. The van der Waals surface area contributed by atoms with Gasteiger partial charge in [0, 0.05) is 6.04 Å². The summed E-state index contributed by atoms with van der Waals surface area (Å²) >= 11 is 0. The first-order valence-corrected chi connectivity index (χ1v) is 4.76. The molecule has 3 N–H and O–H groups in total. The molecule has 0 atom stereocenters. The number of aliphatic hydroxyl groups is 2. The fourth-order valence-electron chi connectivity index (χ4n) is 1.45. The Labute approximate surface area is 73.8 Å². The second-order valence-electron chi connectivity index (χ2n) is 3.72. The maximum atomic E-state index is 9.12. The van der Waals surface area contributed by atoms with E-state index >= 15 is 0 Å². The van der Waals surface area contributed by atoms with E-state index in [1.54, 1.807) is 0 Å². The highest BCUT2D eigenvalue weighted by atomic mass is 16.3. The van der Waals surface area contributed by atoms with Crippen LogP contribution in [0.5, 0.6) is 0 Å². The molecule has 0 amide bonds.